The van der Waals surface area contributed by atoms with E-state index in [9.17, 15) is 25.0 Å². The minimum absolute atomic E-state index is 0.0321. The first-order chi connectivity index (χ1) is 12.9. The van der Waals surface area contributed by atoms with Crippen LogP contribution >= 0.6 is 0 Å². The van der Waals surface area contributed by atoms with Gasteiger partial charge < -0.3 is 9.80 Å². The lowest BCUT2D eigenvalue weighted by molar-refractivity contribution is -0.384. The van der Waals surface area contributed by atoms with Crippen molar-refractivity contribution in [2.24, 2.45) is 14.1 Å². The number of rotatable bonds is 3. The molecule has 1 aromatic heterocycles. The third-order valence-corrected chi connectivity index (χ3v) is 4.74. The van der Waals surface area contributed by atoms with Gasteiger partial charge in [-0.1, -0.05) is 12.1 Å². The third-order valence-electron chi connectivity index (χ3n) is 4.74. The summed E-state index contributed by atoms with van der Waals surface area (Å²) in [5.41, 5.74) is -0.657. The Morgan fingerprint density at radius 3 is 2.22 bits per heavy atom. The van der Waals surface area contributed by atoms with Crippen LogP contribution < -0.4 is 21.0 Å². The van der Waals surface area contributed by atoms with Gasteiger partial charge in [0.05, 0.1) is 4.92 Å². The lowest BCUT2D eigenvalue weighted by Gasteiger charge is -2.37. The maximum Gasteiger partial charge on any atom is 0.332 e. The third kappa shape index (κ3) is 3.03. The second-order valence-electron chi connectivity index (χ2n) is 6.24. The van der Waals surface area contributed by atoms with E-state index in [0.717, 1.165) is 4.57 Å². The van der Waals surface area contributed by atoms with E-state index in [0.29, 0.717) is 31.9 Å². The summed E-state index contributed by atoms with van der Waals surface area (Å²) >= 11 is 0. The average Bonchev–Trinajstić information content (AvgIpc) is 2.69. The van der Waals surface area contributed by atoms with E-state index in [1.165, 1.54) is 24.7 Å². The van der Waals surface area contributed by atoms with Crippen LogP contribution in [0.3, 0.4) is 0 Å². The van der Waals surface area contributed by atoms with Gasteiger partial charge in [0.2, 0.25) is 0 Å². The van der Waals surface area contributed by atoms with Gasteiger partial charge >= 0.3 is 5.69 Å². The molecule has 1 saturated heterocycles. The molecule has 0 unspecified atom stereocenters. The number of piperazine rings is 1. The van der Waals surface area contributed by atoms with E-state index in [2.05, 4.69) is 0 Å². The standard InChI is InChI=1S/C17H18N6O4/c1-19-15(12(11-18)16(24)20(2)17(19)25)22-9-7-21(8-10-22)13-5-3-4-6-14(13)23(26)27/h3-6H,7-10H2,1-2H3. The summed E-state index contributed by atoms with van der Waals surface area (Å²) < 4.78 is 2.20. The van der Waals surface area contributed by atoms with Crippen LogP contribution in [0.15, 0.2) is 33.9 Å². The van der Waals surface area contributed by atoms with E-state index in [4.69, 9.17) is 0 Å². The van der Waals surface area contributed by atoms with Crippen LogP contribution in [0.5, 0.6) is 0 Å². The quantitative estimate of drug-likeness (QED) is 0.559. The molecule has 27 heavy (non-hydrogen) atoms. The molecular formula is C17H18N6O4. The molecule has 0 bridgehead atoms. The number of aromatic nitrogens is 2. The topological polar surface area (TPSA) is 117 Å². The number of hydrogen-bond donors (Lipinski definition) is 0. The summed E-state index contributed by atoms with van der Waals surface area (Å²) in [5.74, 6) is 0.285. The first kappa shape index (κ1) is 18.2. The molecular weight excluding hydrogens is 352 g/mol. The van der Waals surface area contributed by atoms with Crippen molar-refractivity contribution >= 4 is 17.2 Å². The largest absolute Gasteiger partial charge is 0.362 e. The maximum absolute atomic E-state index is 12.3. The van der Waals surface area contributed by atoms with Crippen molar-refractivity contribution in [2.75, 3.05) is 36.0 Å². The van der Waals surface area contributed by atoms with Crippen LogP contribution in [0, 0.1) is 21.4 Å². The van der Waals surface area contributed by atoms with E-state index in [-0.39, 0.29) is 17.1 Å². The number of anilines is 2. The van der Waals surface area contributed by atoms with Gasteiger partial charge in [0.15, 0.2) is 5.56 Å². The Kier molecular flexibility index (Phi) is 4.68. The fourth-order valence-corrected chi connectivity index (χ4v) is 3.35. The Balaban J connectivity index is 1.92. The maximum atomic E-state index is 12.3. The van der Waals surface area contributed by atoms with Crippen LogP contribution in [0.2, 0.25) is 0 Å². The summed E-state index contributed by atoms with van der Waals surface area (Å²) in [7, 11) is 2.86. The first-order valence-corrected chi connectivity index (χ1v) is 8.30. The van der Waals surface area contributed by atoms with Gasteiger partial charge in [0.1, 0.15) is 17.6 Å². The van der Waals surface area contributed by atoms with Gasteiger partial charge in [-0.05, 0) is 6.07 Å². The van der Waals surface area contributed by atoms with Crippen molar-refractivity contribution in [3.05, 3.63) is 60.8 Å². The van der Waals surface area contributed by atoms with Gasteiger partial charge in [-0.2, -0.15) is 5.26 Å². The SMILES string of the molecule is Cn1c(N2CCN(c3ccccc3[N+](=O)[O-])CC2)c(C#N)c(=O)n(C)c1=O. The second kappa shape index (κ2) is 6.95. The highest BCUT2D eigenvalue weighted by Gasteiger charge is 2.27. The number of nitrogens with zero attached hydrogens (tertiary/aromatic N) is 6. The Hall–Kier alpha value is -3.61. The number of nitriles is 1. The molecule has 0 radical (unpaired) electrons. The number of nitro groups is 1. The predicted molar refractivity (Wildman–Crippen MR) is 99.2 cm³/mol. The van der Waals surface area contributed by atoms with Crippen molar-refractivity contribution in [1.29, 1.82) is 5.26 Å². The molecule has 1 aliphatic rings. The van der Waals surface area contributed by atoms with Crippen molar-refractivity contribution in [1.82, 2.24) is 9.13 Å². The van der Waals surface area contributed by atoms with Crippen LogP contribution in [0.1, 0.15) is 5.56 Å². The van der Waals surface area contributed by atoms with E-state index in [1.54, 1.807) is 23.1 Å². The Morgan fingerprint density at radius 2 is 1.63 bits per heavy atom. The summed E-state index contributed by atoms with van der Waals surface area (Å²) in [6.07, 6.45) is 0. The number of hydrogen-bond acceptors (Lipinski definition) is 7. The molecule has 1 aromatic carbocycles. The first-order valence-electron chi connectivity index (χ1n) is 8.30. The molecule has 0 spiro atoms. The Bertz CT molecular complexity index is 1060. The highest BCUT2D eigenvalue weighted by molar-refractivity contribution is 5.64. The van der Waals surface area contributed by atoms with Crippen LogP contribution in [0.4, 0.5) is 17.2 Å². The smallest absolute Gasteiger partial charge is 0.332 e. The zero-order valence-electron chi connectivity index (χ0n) is 15.0. The second-order valence-corrected chi connectivity index (χ2v) is 6.24. The van der Waals surface area contributed by atoms with Crippen LogP contribution in [0.25, 0.3) is 0 Å². The number of para-hydroxylation sites is 2. The number of nitro benzene ring substituents is 1. The molecule has 0 saturated carbocycles. The fraction of sp³-hybridized carbons (Fsp3) is 0.353. The Morgan fingerprint density at radius 1 is 1.04 bits per heavy atom. The van der Waals surface area contributed by atoms with Crippen molar-refractivity contribution in [3.8, 4) is 6.07 Å². The highest BCUT2D eigenvalue weighted by Crippen LogP contribution is 2.29. The van der Waals surface area contributed by atoms with Gasteiger partial charge in [-0.25, -0.2) is 4.79 Å². The molecule has 0 atom stereocenters. The minimum Gasteiger partial charge on any atom is -0.362 e. The van der Waals surface area contributed by atoms with E-state index < -0.39 is 16.2 Å². The van der Waals surface area contributed by atoms with Gasteiger partial charge in [-0.15, -0.1) is 0 Å². The molecule has 0 aliphatic carbocycles. The number of benzene rings is 1. The zero-order chi connectivity index (χ0) is 19.7. The summed E-state index contributed by atoms with van der Waals surface area (Å²) in [6, 6.07) is 8.42. The van der Waals surface area contributed by atoms with Gasteiger partial charge in [0.25, 0.3) is 11.2 Å². The molecule has 1 aliphatic heterocycles. The lowest BCUT2D eigenvalue weighted by atomic mass is 10.2. The van der Waals surface area contributed by atoms with Crippen molar-refractivity contribution < 1.29 is 4.92 Å². The van der Waals surface area contributed by atoms with Crippen LogP contribution in [-0.4, -0.2) is 40.2 Å². The molecule has 10 heteroatoms. The summed E-state index contributed by atoms with van der Waals surface area (Å²) in [5, 5.41) is 20.6. The molecule has 0 N–H and O–H groups in total. The highest BCUT2D eigenvalue weighted by atomic mass is 16.6. The zero-order valence-corrected chi connectivity index (χ0v) is 15.0. The normalized spacial score (nSPS) is 14.1. The molecule has 140 valence electrons. The molecule has 2 heterocycles. The van der Waals surface area contributed by atoms with Crippen molar-refractivity contribution in [3.63, 3.8) is 0 Å². The van der Waals surface area contributed by atoms with Crippen molar-refractivity contribution in [2.45, 2.75) is 0 Å². The molecule has 3 rings (SSSR count). The minimum atomic E-state index is -0.628. The summed E-state index contributed by atoms with van der Waals surface area (Å²) in [6.45, 7) is 1.75. The monoisotopic (exact) mass is 370 g/mol. The molecule has 2 aromatic rings. The predicted octanol–water partition coefficient (Wildman–Crippen LogP) is 0.190. The van der Waals surface area contributed by atoms with E-state index >= 15 is 0 Å². The summed E-state index contributed by atoms with van der Waals surface area (Å²) in [4.78, 5) is 39.0. The fourth-order valence-electron chi connectivity index (χ4n) is 3.35. The van der Waals surface area contributed by atoms with E-state index in [1.807, 2.05) is 11.0 Å². The molecule has 10 nitrogen and oxygen atoms in total. The van der Waals surface area contributed by atoms with Gasteiger partial charge in [-0.3, -0.25) is 24.0 Å². The van der Waals surface area contributed by atoms with Crippen LogP contribution in [-0.2, 0) is 14.1 Å². The lowest BCUT2D eigenvalue weighted by Crippen LogP contribution is -2.50. The Labute approximate surface area is 154 Å². The van der Waals surface area contributed by atoms with Gasteiger partial charge in [0, 0.05) is 46.3 Å². The molecule has 1 fully saturated rings. The molecule has 0 amide bonds. The average molecular weight is 370 g/mol.